The van der Waals surface area contributed by atoms with E-state index in [0.717, 1.165) is 16.8 Å². The third-order valence-corrected chi connectivity index (χ3v) is 6.19. The van der Waals surface area contributed by atoms with Gasteiger partial charge in [0.15, 0.2) is 0 Å². The van der Waals surface area contributed by atoms with Gasteiger partial charge in [0.05, 0.1) is 11.1 Å². The molecule has 7 heteroatoms. The van der Waals surface area contributed by atoms with Crippen LogP contribution < -0.4 is 11.5 Å². The molecule has 0 bridgehead atoms. The number of carbonyl (C=O) groups excluding carboxylic acids is 2. The summed E-state index contributed by atoms with van der Waals surface area (Å²) in [5.74, 6) is -1.22. The molecule has 0 aliphatic heterocycles. The van der Waals surface area contributed by atoms with Gasteiger partial charge >= 0.3 is 6.09 Å². The van der Waals surface area contributed by atoms with Crippen LogP contribution in [0, 0.1) is 25.1 Å². The molecular formula is C22H28FN3O3. The van der Waals surface area contributed by atoms with E-state index in [1.54, 1.807) is 0 Å². The van der Waals surface area contributed by atoms with Crippen molar-refractivity contribution in [3.8, 4) is 0 Å². The van der Waals surface area contributed by atoms with Crippen molar-refractivity contribution in [2.24, 2.45) is 16.9 Å². The molecule has 1 aromatic carbocycles. The highest BCUT2D eigenvalue weighted by molar-refractivity contribution is 6.09. The first-order chi connectivity index (χ1) is 13.4. The Balaban J connectivity index is 2.25. The van der Waals surface area contributed by atoms with Gasteiger partial charge in [0.1, 0.15) is 11.4 Å². The van der Waals surface area contributed by atoms with Crippen LogP contribution in [0.2, 0.25) is 0 Å². The number of hydrogen-bond donors (Lipinski definition) is 3. The second-order valence-electron chi connectivity index (χ2n) is 8.88. The number of allylic oxidation sites excluding steroid dienone is 1. The van der Waals surface area contributed by atoms with Crippen molar-refractivity contribution in [1.29, 1.82) is 0 Å². The highest BCUT2D eigenvalue weighted by atomic mass is 19.1. The zero-order chi connectivity index (χ0) is 21.7. The molecule has 1 aliphatic carbocycles. The number of benzene rings is 1. The zero-order valence-corrected chi connectivity index (χ0v) is 17.5. The standard InChI is InChI=1S/C22H28FN3O3/c1-11-12(2)26-18-14(19(24)27)9-15(23)17(16(11)18)13-7-6-8-22(10-13,21(3,4)5)29-20(25)28/h7,9,26H,6,8,10H2,1-5H3,(H2,24,27)(H2,25,28)/t22-/m0/s1. The highest BCUT2D eigenvalue weighted by Crippen LogP contribution is 2.49. The Bertz CT molecular complexity index is 1050. The minimum atomic E-state index is -0.858. The van der Waals surface area contributed by atoms with E-state index < -0.39 is 28.8 Å². The van der Waals surface area contributed by atoms with Crippen LogP contribution >= 0.6 is 0 Å². The molecule has 3 rings (SSSR count). The summed E-state index contributed by atoms with van der Waals surface area (Å²) in [4.78, 5) is 26.7. The molecule has 0 unspecified atom stereocenters. The molecule has 0 saturated carbocycles. The second-order valence-corrected chi connectivity index (χ2v) is 8.88. The van der Waals surface area contributed by atoms with Crippen molar-refractivity contribution < 1.29 is 18.7 Å². The third-order valence-electron chi connectivity index (χ3n) is 6.19. The number of carbonyl (C=O) groups is 2. The SMILES string of the molecule is Cc1[nH]c2c(C(N)=O)cc(F)c(C3=CCC[C@@](OC(N)=O)(C(C)(C)C)C3)c2c1C. The Hall–Kier alpha value is -2.83. The molecule has 156 valence electrons. The van der Waals surface area contributed by atoms with E-state index in [1.165, 1.54) is 6.07 Å². The minimum absolute atomic E-state index is 0.115. The maximum atomic E-state index is 15.3. The largest absolute Gasteiger partial charge is 0.442 e. The maximum absolute atomic E-state index is 15.3. The molecule has 0 spiro atoms. The summed E-state index contributed by atoms with van der Waals surface area (Å²) in [6.07, 6.45) is 2.66. The summed E-state index contributed by atoms with van der Waals surface area (Å²) in [5, 5.41) is 0.631. The van der Waals surface area contributed by atoms with E-state index in [-0.39, 0.29) is 5.56 Å². The predicted octanol–water partition coefficient (Wildman–Crippen LogP) is 4.47. The van der Waals surface area contributed by atoms with Crippen molar-refractivity contribution in [2.75, 3.05) is 0 Å². The van der Waals surface area contributed by atoms with Crippen molar-refractivity contribution in [1.82, 2.24) is 4.98 Å². The average Bonchev–Trinajstić information content (AvgIpc) is 2.88. The number of halogens is 1. The Morgan fingerprint density at radius 2 is 1.90 bits per heavy atom. The van der Waals surface area contributed by atoms with Gasteiger partial charge in [0.25, 0.3) is 5.91 Å². The summed E-state index contributed by atoms with van der Waals surface area (Å²) < 4.78 is 21.0. The number of H-pyrrole nitrogens is 1. The molecule has 2 amide bonds. The van der Waals surface area contributed by atoms with Gasteiger partial charge in [-0.05, 0) is 43.9 Å². The number of nitrogens with one attached hydrogen (secondary N) is 1. The Morgan fingerprint density at radius 1 is 1.24 bits per heavy atom. The van der Waals surface area contributed by atoms with Crippen molar-refractivity contribution in [2.45, 2.75) is 59.5 Å². The van der Waals surface area contributed by atoms with Gasteiger partial charge in [-0.3, -0.25) is 4.79 Å². The van der Waals surface area contributed by atoms with Crippen molar-refractivity contribution >= 4 is 28.5 Å². The quantitative estimate of drug-likeness (QED) is 0.705. The van der Waals surface area contributed by atoms with Gasteiger partial charge in [-0.25, -0.2) is 9.18 Å². The molecule has 5 N–H and O–H groups in total. The number of rotatable bonds is 3. The van der Waals surface area contributed by atoms with Gasteiger partial charge < -0.3 is 21.2 Å². The summed E-state index contributed by atoms with van der Waals surface area (Å²) in [7, 11) is 0. The van der Waals surface area contributed by atoms with Crippen LogP contribution in [0.25, 0.3) is 16.5 Å². The Labute approximate surface area is 169 Å². The van der Waals surface area contributed by atoms with Crippen LogP contribution in [-0.4, -0.2) is 22.6 Å². The fourth-order valence-corrected chi connectivity index (χ4v) is 4.34. The first-order valence-corrected chi connectivity index (χ1v) is 9.67. The average molecular weight is 401 g/mol. The van der Waals surface area contributed by atoms with Gasteiger partial charge in [0.2, 0.25) is 0 Å². The number of amides is 2. The number of primary amides is 2. The molecule has 29 heavy (non-hydrogen) atoms. The number of aromatic nitrogens is 1. The van der Waals surface area contributed by atoms with Gasteiger partial charge in [-0.2, -0.15) is 0 Å². The second kappa shape index (κ2) is 6.90. The van der Waals surface area contributed by atoms with Crippen molar-refractivity contribution in [3.05, 3.63) is 40.3 Å². The summed E-state index contributed by atoms with van der Waals surface area (Å²) in [6, 6.07) is 1.18. The van der Waals surface area contributed by atoms with E-state index >= 15 is 4.39 Å². The molecule has 1 aliphatic rings. The lowest BCUT2D eigenvalue weighted by Crippen LogP contribution is -2.49. The van der Waals surface area contributed by atoms with E-state index in [4.69, 9.17) is 16.2 Å². The van der Waals surface area contributed by atoms with Crippen LogP contribution in [0.1, 0.15) is 67.2 Å². The number of nitrogens with two attached hydrogens (primary N) is 2. The monoisotopic (exact) mass is 401 g/mol. The molecule has 6 nitrogen and oxygen atoms in total. The van der Waals surface area contributed by atoms with E-state index in [9.17, 15) is 9.59 Å². The highest BCUT2D eigenvalue weighted by Gasteiger charge is 2.47. The smallest absolute Gasteiger partial charge is 0.405 e. The first kappa shape index (κ1) is 20.9. The van der Waals surface area contributed by atoms with Gasteiger partial charge in [0, 0.05) is 28.5 Å². The molecular weight excluding hydrogens is 373 g/mol. The lowest BCUT2D eigenvalue weighted by molar-refractivity contribution is -0.0687. The molecule has 1 aromatic heterocycles. The lowest BCUT2D eigenvalue weighted by atomic mass is 9.67. The number of ether oxygens (including phenoxy) is 1. The van der Waals surface area contributed by atoms with Crippen molar-refractivity contribution in [3.63, 3.8) is 0 Å². The number of fused-ring (bicyclic) bond motifs is 1. The summed E-state index contributed by atoms with van der Waals surface area (Å²) >= 11 is 0. The first-order valence-electron chi connectivity index (χ1n) is 9.67. The van der Waals surface area contributed by atoms with E-state index in [0.29, 0.717) is 35.7 Å². The Kier molecular flexibility index (Phi) is 4.97. The van der Waals surface area contributed by atoms with Crippen LogP contribution in [0.15, 0.2) is 12.1 Å². The minimum Gasteiger partial charge on any atom is -0.442 e. The Morgan fingerprint density at radius 3 is 2.45 bits per heavy atom. The third kappa shape index (κ3) is 3.39. The lowest BCUT2D eigenvalue weighted by Gasteiger charge is -2.46. The van der Waals surface area contributed by atoms with Gasteiger partial charge in [-0.1, -0.05) is 26.8 Å². The molecule has 1 atom stereocenters. The van der Waals surface area contributed by atoms with E-state index in [1.807, 2.05) is 40.7 Å². The number of aromatic amines is 1. The molecule has 0 saturated heterocycles. The fraction of sp³-hybridized carbons (Fsp3) is 0.455. The fourth-order valence-electron chi connectivity index (χ4n) is 4.34. The van der Waals surface area contributed by atoms with Crippen LogP contribution in [0.4, 0.5) is 9.18 Å². The van der Waals surface area contributed by atoms with Crippen LogP contribution in [-0.2, 0) is 4.74 Å². The van der Waals surface area contributed by atoms with Gasteiger partial charge in [-0.15, -0.1) is 0 Å². The normalized spacial score (nSPS) is 19.9. The maximum Gasteiger partial charge on any atom is 0.405 e. The topological polar surface area (TPSA) is 111 Å². The predicted molar refractivity (Wildman–Crippen MR) is 111 cm³/mol. The van der Waals surface area contributed by atoms with Crippen LogP contribution in [0.5, 0.6) is 0 Å². The number of hydrogen-bond acceptors (Lipinski definition) is 3. The molecule has 0 fully saturated rings. The summed E-state index contributed by atoms with van der Waals surface area (Å²) in [5.41, 5.74) is 13.1. The molecule has 1 heterocycles. The summed E-state index contributed by atoms with van der Waals surface area (Å²) in [6.45, 7) is 9.68. The van der Waals surface area contributed by atoms with E-state index in [2.05, 4.69) is 4.98 Å². The molecule has 0 radical (unpaired) electrons. The molecule has 2 aromatic rings. The van der Waals surface area contributed by atoms with Crippen LogP contribution in [0.3, 0.4) is 0 Å². The zero-order valence-electron chi connectivity index (χ0n) is 17.5. The number of aryl methyl sites for hydroxylation is 2.